The van der Waals surface area contributed by atoms with Gasteiger partial charge in [-0.25, -0.2) is 0 Å². The van der Waals surface area contributed by atoms with Crippen LogP contribution in [0, 0.1) is 0 Å². The Kier molecular flexibility index (Phi) is 7.17. The maximum Gasteiger partial charge on any atom is 0.203 e. The number of fused-ring (bicyclic) bond motifs is 1. The number of benzene rings is 4. The molecule has 5 rings (SSSR count). The first-order valence-corrected chi connectivity index (χ1v) is 12.0. The van der Waals surface area contributed by atoms with E-state index in [1.165, 1.54) is 5.56 Å². The van der Waals surface area contributed by atoms with Crippen LogP contribution in [0.5, 0.6) is 23.0 Å². The number of aliphatic imine (C=N–C) groups is 1. The van der Waals surface area contributed by atoms with E-state index in [4.69, 9.17) is 23.9 Å². The number of hydrogen-bond acceptors (Lipinski definition) is 5. The Labute approximate surface area is 212 Å². The third-order valence-electron chi connectivity index (χ3n) is 6.19. The molecule has 1 heterocycles. The SMILES string of the molecule is COc1cc(C2=NCCc3cc(OCc4ccccc4)ccc32)cc(OC)c1OCc1ccccc1. The quantitative estimate of drug-likeness (QED) is 0.285. The normalized spacial score (nSPS) is 12.3. The summed E-state index contributed by atoms with van der Waals surface area (Å²) in [6.45, 7) is 1.67. The smallest absolute Gasteiger partial charge is 0.203 e. The van der Waals surface area contributed by atoms with E-state index in [1.54, 1.807) is 14.2 Å². The largest absolute Gasteiger partial charge is 0.493 e. The van der Waals surface area contributed by atoms with Gasteiger partial charge in [-0.05, 0) is 53.4 Å². The van der Waals surface area contributed by atoms with Crippen molar-refractivity contribution in [2.75, 3.05) is 20.8 Å². The average molecular weight is 480 g/mol. The summed E-state index contributed by atoms with van der Waals surface area (Å²) in [5.41, 5.74) is 6.36. The van der Waals surface area contributed by atoms with Gasteiger partial charge in [-0.15, -0.1) is 0 Å². The first-order valence-electron chi connectivity index (χ1n) is 12.0. The molecule has 0 aromatic heterocycles. The van der Waals surface area contributed by atoms with E-state index in [9.17, 15) is 0 Å². The number of ether oxygens (including phenoxy) is 4. The molecule has 0 amide bonds. The highest BCUT2D eigenvalue weighted by molar-refractivity contribution is 6.15. The van der Waals surface area contributed by atoms with E-state index in [0.29, 0.717) is 37.0 Å². The summed E-state index contributed by atoms with van der Waals surface area (Å²) >= 11 is 0. The second-order valence-electron chi connectivity index (χ2n) is 8.56. The van der Waals surface area contributed by atoms with Gasteiger partial charge in [0.1, 0.15) is 19.0 Å². The van der Waals surface area contributed by atoms with Gasteiger partial charge in [-0.3, -0.25) is 4.99 Å². The van der Waals surface area contributed by atoms with E-state index >= 15 is 0 Å². The molecule has 0 saturated carbocycles. The van der Waals surface area contributed by atoms with Crippen molar-refractivity contribution in [3.8, 4) is 23.0 Å². The van der Waals surface area contributed by atoms with Crippen LogP contribution in [0.25, 0.3) is 0 Å². The maximum atomic E-state index is 6.12. The zero-order valence-corrected chi connectivity index (χ0v) is 20.6. The Hall–Kier alpha value is -4.25. The van der Waals surface area contributed by atoms with Crippen LogP contribution in [0.4, 0.5) is 0 Å². The first kappa shape index (κ1) is 23.5. The van der Waals surface area contributed by atoms with Crippen molar-refractivity contribution in [3.05, 3.63) is 119 Å². The minimum absolute atomic E-state index is 0.419. The summed E-state index contributed by atoms with van der Waals surface area (Å²) in [5, 5.41) is 0. The molecule has 0 aliphatic carbocycles. The van der Waals surface area contributed by atoms with Gasteiger partial charge in [0.15, 0.2) is 11.5 Å². The van der Waals surface area contributed by atoms with Gasteiger partial charge in [0, 0.05) is 17.7 Å². The molecule has 4 aromatic rings. The van der Waals surface area contributed by atoms with Gasteiger partial charge in [0.25, 0.3) is 0 Å². The average Bonchev–Trinajstić information content (AvgIpc) is 2.95. The molecule has 5 nitrogen and oxygen atoms in total. The lowest BCUT2D eigenvalue weighted by Crippen LogP contribution is -2.15. The fourth-order valence-electron chi connectivity index (χ4n) is 4.35. The molecule has 0 unspecified atom stereocenters. The molecule has 1 aliphatic rings. The van der Waals surface area contributed by atoms with Crippen LogP contribution in [0.1, 0.15) is 27.8 Å². The molecule has 1 aliphatic heterocycles. The minimum Gasteiger partial charge on any atom is -0.493 e. The van der Waals surface area contributed by atoms with Gasteiger partial charge in [0.05, 0.1) is 19.9 Å². The van der Waals surface area contributed by atoms with Gasteiger partial charge in [-0.1, -0.05) is 60.7 Å². The lowest BCUT2D eigenvalue weighted by Gasteiger charge is -2.21. The number of methoxy groups -OCH3 is 2. The molecule has 0 N–H and O–H groups in total. The van der Waals surface area contributed by atoms with Crippen molar-refractivity contribution in [3.63, 3.8) is 0 Å². The summed E-state index contributed by atoms with van der Waals surface area (Å²) in [6, 6.07) is 30.4. The lowest BCUT2D eigenvalue weighted by molar-refractivity contribution is 0.266. The zero-order chi connectivity index (χ0) is 24.7. The molecule has 0 radical (unpaired) electrons. The summed E-state index contributed by atoms with van der Waals surface area (Å²) in [4.78, 5) is 4.86. The lowest BCUT2D eigenvalue weighted by atomic mass is 9.92. The van der Waals surface area contributed by atoms with Gasteiger partial charge in [-0.2, -0.15) is 0 Å². The number of nitrogens with zero attached hydrogens (tertiary/aromatic N) is 1. The van der Waals surface area contributed by atoms with Crippen molar-refractivity contribution in [2.45, 2.75) is 19.6 Å². The Bertz CT molecular complexity index is 1320. The topological polar surface area (TPSA) is 49.3 Å². The van der Waals surface area contributed by atoms with E-state index in [1.807, 2.05) is 66.7 Å². The fourth-order valence-corrected chi connectivity index (χ4v) is 4.35. The monoisotopic (exact) mass is 479 g/mol. The molecule has 0 bridgehead atoms. The number of hydrogen-bond donors (Lipinski definition) is 0. The van der Waals surface area contributed by atoms with Gasteiger partial charge >= 0.3 is 0 Å². The molecule has 0 fully saturated rings. The molecule has 5 heteroatoms. The molecule has 0 spiro atoms. The number of rotatable bonds is 9. The molecule has 0 saturated heterocycles. The van der Waals surface area contributed by atoms with Crippen LogP contribution >= 0.6 is 0 Å². The van der Waals surface area contributed by atoms with Crippen LogP contribution in [0.2, 0.25) is 0 Å². The van der Waals surface area contributed by atoms with Crippen molar-refractivity contribution in [2.24, 2.45) is 4.99 Å². The van der Waals surface area contributed by atoms with Crippen LogP contribution in [0.3, 0.4) is 0 Å². The summed E-state index contributed by atoms with van der Waals surface area (Å²) in [6.07, 6.45) is 0.869. The maximum absolute atomic E-state index is 6.12. The highest BCUT2D eigenvalue weighted by atomic mass is 16.5. The standard InChI is InChI=1S/C31H29NO4/c1-33-28-18-25(19-29(34-2)31(28)36-21-23-11-7-4-8-12-23)30-27-14-13-26(17-24(27)15-16-32-30)35-20-22-9-5-3-6-10-22/h3-14,17-19H,15-16,20-21H2,1-2H3. The van der Waals surface area contributed by atoms with Crippen LogP contribution in [0.15, 0.2) is 96.0 Å². The molecular weight excluding hydrogens is 450 g/mol. The van der Waals surface area contributed by atoms with Crippen molar-refractivity contribution in [1.29, 1.82) is 0 Å². The highest BCUT2D eigenvalue weighted by Crippen LogP contribution is 2.40. The second-order valence-corrected chi connectivity index (χ2v) is 8.56. The van der Waals surface area contributed by atoms with Gasteiger partial charge < -0.3 is 18.9 Å². The molecule has 4 aromatic carbocycles. The third kappa shape index (κ3) is 5.20. The second kappa shape index (κ2) is 11.0. The third-order valence-corrected chi connectivity index (χ3v) is 6.19. The summed E-state index contributed by atoms with van der Waals surface area (Å²) in [5.74, 6) is 2.66. The Balaban J connectivity index is 1.40. The molecule has 36 heavy (non-hydrogen) atoms. The van der Waals surface area contributed by atoms with Gasteiger partial charge in [0.2, 0.25) is 5.75 Å². The van der Waals surface area contributed by atoms with Crippen molar-refractivity contribution < 1.29 is 18.9 Å². The predicted octanol–water partition coefficient (Wildman–Crippen LogP) is 6.26. The Morgan fingerprint density at radius 3 is 1.92 bits per heavy atom. The van der Waals surface area contributed by atoms with Crippen LogP contribution in [-0.4, -0.2) is 26.5 Å². The van der Waals surface area contributed by atoms with Crippen molar-refractivity contribution in [1.82, 2.24) is 0 Å². The van der Waals surface area contributed by atoms with Crippen LogP contribution < -0.4 is 18.9 Å². The first-order chi connectivity index (χ1) is 17.7. The van der Waals surface area contributed by atoms with Crippen LogP contribution in [-0.2, 0) is 19.6 Å². The summed E-state index contributed by atoms with van der Waals surface area (Å²) in [7, 11) is 3.28. The van der Waals surface area contributed by atoms with E-state index in [2.05, 4.69) is 24.3 Å². The highest BCUT2D eigenvalue weighted by Gasteiger charge is 2.21. The summed E-state index contributed by atoms with van der Waals surface area (Å²) < 4.78 is 23.6. The molecule has 182 valence electrons. The molecular formula is C31H29NO4. The Morgan fingerprint density at radius 1 is 0.694 bits per heavy atom. The van der Waals surface area contributed by atoms with E-state index in [0.717, 1.165) is 40.1 Å². The fraction of sp³-hybridized carbons (Fsp3) is 0.194. The Morgan fingerprint density at radius 2 is 1.31 bits per heavy atom. The minimum atomic E-state index is 0.419. The zero-order valence-electron chi connectivity index (χ0n) is 20.6. The van der Waals surface area contributed by atoms with E-state index < -0.39 is 0 Å². The van der Waals surface area contributed by atoms with E-state index in [-0.39, 0.29) is 0 Å². The molecule has 0 atom stereocenters. The predicted molar refractivity (Wildman–Crippen MR) is 142 cm³/mol. The van der Waals surface area contributed by atoms with Crippen molar-refractivity contribution >= 4 is 5.71 Å².